The van der Waals surface area contributed by atoms with E-state index in [9.17, 15) is 9.59 Å². The van der Waals surface area contributed by atoms with E-state index in [4.69, 9.17) is 30.2 Å². The van der Waals surface area contributed by atoms with Crippen molar-refractivity contribution in [2.45, 2.75) is 58.1 Å². The molecule has 1 N–H and O–H groups in total. The number of carbonyl (C=O) groups excluding carboxylic acids is 2. The van der Waals surface area contributed by atoms with Gasteiger partial charge in [0.1, 0.15) is 17.8 Å². The zero-order valence-corrected chi connectivity index (χ0v) is 10.6. The number of ether oxygens (including phenoxy) is 2. The van der Waals surface area contributed by atoms with E-state index in [1.807, 2.05) is 0 Å². The van der Waals surface area contributed by atoms with Gasteiger partial charge in [0.05, 0.1) is 23.5 Å². The summed E-state index contributed by atoms with van der Waals surface area (Å²) in [4.78, 5) is 25.3. The molecule has 1 rings (SSSR count). The fraction of sp³-hybridized carbons (Fsp3) is 0.733. The zero-order valence-electron chi connectivity index (χ0n) is 32.6. The average molecular weight is 321 g/mol. The Labute approximate surface area is 157 Å². The van der Waals surface area contributed by atoms with Gasteiger partial charge in [0.25, 0.3) is 0 Å². The first-order valence-electron chi connectivity index (χ1n) is 16.2. The summed E-state index contributed by atoms with van der Waals surface area (Å²) in [6, 6.07) is -6.45. The van der Waals surface area contributed by atoms with Crippen LogP contribution in [0.25, 0.3) is 0 Å². The van der Waals surface area contributed by atoms with Crippen LogP contribution in [0.3, 0.4) is 0 Å². The molecule has 1 aliphatic heterocycles. The van der Waals surface area contributed by atoms with Crippen molar-refractivity contribution >= 4 is 12.0 Å². The van der Waals surface area contributed by atoms with E-state index in [0.29, 0.717) is 6.92 Å². The Morgan fingerprint density at radius 1 is 1.95 bits per heavy atom. The summed E-state index contributed by atoms with van der Waals surface area (Å²) in [5.41, 5.74) is -7.60. The Bertz CT molecular complexity index is 1120. The van der Waals surface area contributed by atoms with Gasteiger partial charge in [-0.3, -0.25) is 4.79 Å². The maximum Gasteiger partial charge on any atom is 0.408 e. The second-order valence-corrected chi connectivity index (χ2v) is 3.79. The quantitative estimate of drug-likeness (QED) is 0.805. The number of carbonyl (C=O) groups is 2. The van der Waals surface area contributed by atoms with Gasteiger partial charge in [0, 0.05) is 17.8 Å². The highest BCUT2D eigenvalue weighted by Gasteiger charge is 2.42. The molecular formula is C15H26N2O4. The van der Waals surface area contributed by atoms with Crippen LogP contribution >= 0.6 is 0 Å². The summed E-state index contributed by atoms with van der Waals surface area (Å²) >= 11 is 0. The van der Waals surface area contributed by atoms with Crippen LogP contribution in [-0.4, -0.2) is 47.3 Å². The van der Waals surface area contributed by atoms with Gasteiger partial charge in [0.2, 0.25) is 5.91 Å². The minimum atomic E-state index is -4.51. The molecule has 21 heavy (non-hydrogen) atoms. The Morgan fingerprint density at radius 2 is 2.76 bits per heavy atom. The number of amides is 2. The minimum Gasteiger partial charge on any atom is -0.444 e. The van der Waals surface area contributed by atoms with E-state index in [-0.39, 0.29) is 0 Å². The largest absolute Gasteiger partial charge is 0.444 e. The monoisotopic (exact) mass is 320 g/mol. The summed E-state index contributed by atoms with van der Waals surface area (Å²) in [6.45, 7) is -24.8. The molecule has 1 aliphatic rings. The topological polar surface area (TPSA) is 67.9 Å². The molecule has 0 aliphatic carbocycles. The molecule has 0 saturated carbocycles. The lowest BCUT2D eigenvalue weighted by Gasteiger charge is -2.33. The van der Waals surface area contributed by atoms with Crippen LogP contribution in [0.15, 0.2) is 12.6 Å². The lowest BCUT2D eigenvalue weighted by Crippen LogP contribution is -2.51. The predicted octanol–water partition coefficient (Wildman–Crippen LogP) is 2.05. The molecule has 1 heterocycles. The van der Waals surface area contributed by atoms with Crippen molar-refractivity contribution in [2.24, 2.45) is 0 Å². The molecule has 1 unspecified atom stereocenters. The van der Waals surface area contributed by atoms with Gasteiger partial charge in [0.15, 0.2) is 1.41 Å². The predicted molar refractivity (Wildman–Crippen MR) is 79.7 cm³/mol. The highest BCUT2D eigenvalue weighted by Crippen LogP contribution is 2.28. The van der Waals surface area contributed by atoms with Gasteiger partial charge in [-0.15, -0.1) is 6.53 Å². The molecule has 0 aromatic rings. The number of rotatable bonds is 4. The van der Waals surface area contributed by atoms with Crippen LogP contribution < -0.4 is 5.31 Å². The second-order valence-electron chi connectivity index (χ2n) is 3.79. The maximum atomic E-state index is 13.8. The van der Waals surface area contributed by atoms with Crippen LogP contribution in [0.4, 0.5) is 4.79 Å². The molecule has 0 radical (unpaired) electrons. The fourth-order valence-corrected chi connectivity index (χ4v) is 1.10. The van der Waals surface area contributed by atoms with E-state index >= 15 is 0 Å². The van der Waals surface area contributed by atoms with Gasteiger partial charge in [-0.2, -0.15) is 0 Å². The zero-order chi connectivity index (χ0) is 35.0. The smallest absolute Gasteiger partial charge is 0.408 e. The Balaban J connectivity index is 4.16. The van der Waals surface area contributed by atoms with Crippen molar-refractivity contribution in [1.29, 1.82) is 0 Å². The third-order valence-electron chi connectivity index (χ3n) is 1.76. The number of nitrogens with one attached hydrogen (secondary N) is 1. The summed E-state index contributed by atoms with van der Waals surface area (Å²) in [5, 5.41) is -1.16. The number of hydrogen-bond acceptors (Lipinski definition) is 4. The van der Waals surface area contributed by atoms with E-state index < -0.39 is 99.0 Å². The summed E-state index contributed by atoms with van der Waals surface area (Å²) < 4.78 is 180. The van der Waals surface area contributed by atoms with Crippen LogP contribution in [0, 0.1) is 0 Å². The van der Waals surface area contributed by atoms with Gasteiger partial charge in [-0.25, -0.2) is 4.79 Å². The Hall–Kier alpha value is -1.56. The first-order valence-corrected chi connectivity index (χ1v) is 5.13. The van der Waals surface area contributed by atoms with Crippen molar-refractivity contribution in [3.05, 3.63) is 12.6 Å². The van der Waals surface area contributed by atoms with Crippen LogP contribution in [-0.2, 0) is 14.3 Å². The molecule has 0 aromatic carbocycles. The summed E-state index contributed by atoms with van der Waals surface area (Å²) in [7, 11) is 0. The highest BCUT2D eigenvalue weighted by molar-refractivity contribution is 5.83. The van der Waals surface area contributed by atoms with Crippen molar-refractivity contribution in [3.8, 4) is 0 Å². The van der Waals surface area contributed by atoms with Crippen molar-refractivity contribution < 1.29 is 49.3 Å². The first-order chi connectivity index (χ1) is 18.6. The normalized spacial score (nSPS) is 47.6. The van der Waals surface area contributed by atoms with E-state index in [2.05, 4.69) is 9.47 Å². The third kappa shape index (κ3) is 5.04. The third-order valence-corrected chi connectivity index (χ3v) is 1.76. The molecule has 6 nitrogen and oxygen atoms in total. The Morgan fingerprint density at radius 3 is 3.38 bits per heavy atom. The molecule has 0 aromatic heterocycles. The lowest BCUT2D eigenvalue weighted by molar-refractivity contribution is -0.145. The number of hydrogen-bond donors (Lipinski definition) is 1. The van der Waals surface area contributed by atoms with Gasteiger partial charge < -0.3 is 19.7 Å². The van der Waals surface area contributed by atoms with E-state index in [1.165, 1.54) is 0 Å². The molecule has 2 amide bonds. The van der Waals surface area contributed by atoms with Crippen LogP contribution in [0.2, 0.25) is 1.41 Å². The summed E-state index contributed by atoms with van der Waals surface area (Å²) in [6.07, 6.45) is -6.70. The van der Waals surface area contributed by atoms with Gasteiger partial charge >= 0.3 is 6.09 Å². The van der Waals surface area contributed by atoms with Gasteiger partial charge in [-0.05, 0) is 40.7 Å². The first kappa shape index (κ1) is 3.85. The van der Waals surface area contributed by atoms with E-state index in [1.54, 1.807) is 0 Å². The lowest BCUT2D eigenvalue weighted by atomic mass is 10.1. The number of nitrogens with zero attached hydrogens (tertiary/aromatic N) is 1. The highest BCUT2D eigenvalue weighted by atomic mass is 16.6. The van der Waals surface area contributed by atoms with Crippen LogP contribution in [0.5, 0.6) is 0 Å². The van der Waals surface area contributed by atoms with Crippen molar-refractivity contribution in [1.82, 2.24) is 10.2 Å². The molecular weight excluding hydrogens is 272 g/mol. The average Bonchev–Trinajstić information content (AvgIpc) is 3.00. The van der Waals surface area contributed by atoms with Crippen molar-refractivity contribution in [2.75, 3.05) is 13.1 Å². The molecule has 0 bridgehead atoms. The molecule has 1 fully saturated rings. The van der Waals surface area contributed by atoms with Crippen LogP contribution in [0.1, 0.15) is 69.5 Å². The Kier molecular flexibility index (Phi) is 1.19. The molecule has 6 heteroatoms. The minimum absolute atomic E-state index is 0.510. The van der Waals surface area contributed by atoms with E-state index in [0.717, 1.165) is 0 Å². The van der Waals surface area contributed by atoms with Crippen molar-refractivity contribution in [3.63, 3.8) is 0 Å². The maximum absolute atomic E-state index is 13.8. The number of alkyl carbamates (subject to hydrolysis) is 1. The van der Waals surface area contributed by atoms with Gasteiger partial charge in [-0.1, -0.05) is 6.05 Å². The second kappa shape index (κ2) is 6.47. The SMILES string of the molecule is [2H]C([2H])=C([2H])C([2H])([2H])[C@]1([2H])N(C(=O)C([2H])([2H])N([2H])C(=O)OC(C)(C([2H])[2H])C([2H])([2H])[2H])C(C([2H])([2H])[2H])(C([2H])([2H])[2H])OC1([2H])[2H]. The fourth-order valence-electron chi connectivity index (χ4n) is 1.10. The summed E-state index contributed by atoms with van der Waals surface area (Å²) in [5.74, 6) is -2.85. The molecule has 1 saturated heterocycles. The molecule has 0 spiro atoms. The molecule has 2 atom stereocenters. The standard InChI is InChI=1S/C15H26N2O4/c1-7-8-11-10-20-15(5,6)17(11)12(18)9-16-13(19)21-14(2,3)4/h7,11H,1,8-10H2,2-6H3,(H,16,19)/t11-/m0/s1/i1D2,2D2,3D3,5D3,6D3,7D,8D2,9D2,10D2,11D/hD/t11-,14?. The molecule has 120 valence electrons.